The van der Waals surface area contributed by atoms with Crippen LogP contribution in [-0.4, -0.2) is 44.3 Å². The van der Waals surface area contributed by atoms with E-state index in [1.54, 1.807) is 6.07 Å². The Bertz CT molecular complexity index is 1340. The first kappa shape index (κ1) is 28.8. The number of anilines is 1. The van der Waals surface area contributed by atoms with Crippen LogP contribution in [0.2, 0.25) is 0 Å². The van der Waals surface area contributed by atoms with Gasteiger partial charge in [0.05, 0.1) is 10.6 Å². The van der Waals surface area contributed by atoms with Crippen molar-refractivity contribution >= 4 is 27.5 Å². The Morgan fingerprint density at radius 2 is 1.55 bits per heavy atom. The van der Waals surface area contributed by atoms with Gasteiger partial charge in [-0.1, -0.05) is 55.8 Å². The predicted molar refractivity (Wildman–Crippen MR) is 142 cm³/mol. The molecule has 10 heteroatoms. The summed E-state index contributed by atoms with van der Waals surface area (Å²) in [6, 6.07) is 17.1. The maximum atomic E-state index is 14.9. The topological polar surface area (TPSA) is 86.8 Å². The number of nitrogens with zero attached hydrogens (tertiary/aromatic N) is 2. The molecule has 0 heterocycles. The second-order valence-corrected chi connectivity index (χ2v) is 10.6. The van der Waals surface area contributed by atoms with Crippen molar-refractivity contribution in [1.29, 1.82) is 0 Å². The van der Waals surface area contributed by atoms with E-state index >= 15 is 0 Å². The minimum absolute atomic E-state index is 0.0853. The molecule has 0 aliphatic heterocycles. The predicted octanol–water partition coefficient (Wildman–Crippen LogP) is 4.49. The number of carbonyl (C=O) groups excluding carboxylic acids is 2. The molecule has 1 N–H and O–H groups in total. The summed E-state index contributed by atoms with van der Waals surface area (Å²) in [5.74, 6) is -2.43. The molecule has 3 aromatic rings. The lowest BCUT2D eigenvalue weighted by Gasteiger charge is -2.32. The molecule has 0 bridgehead atoms. The molecule has 0 saturated heterocycles. The molecular formula is C28H31F2N3O4S. The number of nitrogens with one attached hydrogen (secondary N) is 1. The largest absolute Gasteiger partial charge is 0.354 e. The normalized spacial score (nSPS) is 12.0. The Hall–Kier alpha value is -3.79. The molecule has 0 aliphatic carbocycles. The number of para-hydroxylation sites is 1. The summed E-state index contributed by atoms with van der Waals surface area (Å²) in [6.45, 7) is 3.08. The van der Waals surface area contributed by atoms with Gasteiger partial charge in [-0.2, -0.15) is 0 Å². The average molecular weight is 544 g/mol. The van der Waals surface area contributed by atoms with E-state index in [9.17, 15) is 26.8 Å². The van der Waals surface area contributed by atoms with Crippen LogP contribution in [0.3, 0.4) is 0 Å². The summed E-state index contributed by atoms with van der Waals surface area (Å²) in [6.07, 6.45) is 1.61. The highest BCUT2D eigenvalue weighted by Crippen LogP contribution is 2.26. The number of sulfonamides is 1. The van der Waals surface area contributed by atoms with E-state index in [-0.39, 0.29) is 17.1 Å². The van der Waals surface area contributed by atoms with Crippen molar-refractivity contribution < 1.29 is 26.8 Å². The zero-order valence-electron chi connectivity index (χ0n) is 21.3. The van der Waals surface area contributed by atoms with Gasteiger partial charge >= 0.3 is 0 Å². The van der Waals surface area contributed by atoms with Gasteiger partial charge in [0.2, 0.25) is 11.8 Å². The van der Waals surface area contributed by atoms with Gasteiger partial charge in [-0.05, 0) is 55.3 Å². The third kappa shape index (κ3) is 7.16. The Morgan fingerprint density at radius 3 is 2.18 bits per heavy atom. The highest BCUT2D eigenvalue weighted by Gasteiger charge is 2.33. The van der Waals surface area contributed by atoms with Crippen molar-refractivity contribution in [2.24, 2.45) is 0 Å². The van der Waals surface area contributed by atoms with Crippen LogP contribution in [0.5, 0.6) is 0 Å². The van der Waals surface area contributed by atoms with Gasteiger partial charge in [-0.3, -0.25) is 13.9 Å². The second kappa shape index (κ2) is 13.1. The first-order valence-corrected chi connectivity index (χ1v) is 13.7. The Balaban J connectivity index is 1.99. The monoisotopic (exact) mass is 543 g/mol. The molecule has 38 heavy (non-hydrogen) atoms. The fourth-order valence-electron chi connectivity index (χ4n) is 3.79. The van der Waals surface area contributed by atoms with Gasteiger partial charge in [0.15, 0.2) is 0 Å². The van der Waals surface area contributed by atoms with E-state index in [1.165, 1.54) is 78.6 Å². The lowest BCUT2D eigenvalue weighted by Crippen LogP contribution is -2.51. The zero-order valence-corrected chi connectivity index (χ0v) is 22.1. The van der Waals surface area contributed by atoms with Crippen molar-refractivity contribution in [3.63, 3.8) is 0 Å². The van der Waals surface area contributed by atoms with Gasteiger partial charge in [0.25, 0.3) is 10.0 Å². The second-order valence-electron chi connectivity index (χ2n) is 8.74. The van der Waals surface area contributed by atoms with E-state index in [2.05, 4.69) is 5.32 Å². The minimum Gasteiger partial charge on any atom is -0.354 e. The van der Waals surface area contributed by atoms with Crippen molar-refractivity contribution in [1.82, 2.24) is 10.2 Å². The molecule has 0 fully saturated rings. The number of carbonyl (C=O) groups is 2. The first-order chi connectivity index (χ1) is 18.1. The molecular weight excluding hydrogens is 512 g/mol. The molecule has 0 aliphatic rings. The van der Waals surface area contributed by atoms with E-state index < -0.39 is 46.1 Å². The molecule has 0 saturated carbocycles. The number of hydrogen-bond donors (Lipinski definition) is 1. The molecule has 2 amide bonds. The minimum atomic E-state index is -4.35. The molecule has 0 radical (unpaired) electrons. The fraction of sp³-hybridized carbons (Fsp3) is 0.286. The average Bonchev–Trinajstić information content (AvgIpc) is 2.92. The van der Waals surface area contributed by atoms with Crippen LogP contribution in [0.25, 0.3) is 0 Å². The van der Waals surface area contributed by atoms with Crippen LogP contribution in [-0.2, 0) is 26.2 Å². The van der Waals surface area contributed by atoms with Gasteiger partial charge in [-0.25, -0.2) is 17.2 Å². The van der Waals surface area contributed by atoms with Crippen LogP contribution < -0.4 is 9.62 Å². The van der Waals surface area contributed by atoms with Gasteiger partial charge in [0.1, 0.15) is 24.2 Å². The molecule has 202 valence electrons. The van der Waals surface area contributed by atoms with Crippen LogP contribution in [0.15, 0.2) is 83.8 Å². The smallest absolute Gasteiger partial charge is 0.264 e. The van der Waals surface area contributed by atoms with Crippen molar-refractivity contribution in [2.45, 2.75) is 44.2 Å². The zero-order chi connectivity index (χ0) is 27.7. The quantitative estimate of drug-likeness (QED) is 0.341. The van der Waals surface area contributed by atoms with Crippen molar-refractivity contribution in [3.8, 4) is 0 Å². The summed E-state index contributed by atoms with van der Waals surface area (Å²) in [7, 11) is -4.35. The lowest BCUT2D eigenvalue weighted by atomic mass is 10.1. The number of unbranched alkanes of at least 4 members (excludes halogenated alkanes) is 1. The number of hydrogen-bond acceptors (Lipinski definition) is 4. The highest BCUT2D eigenvalue weighted by atomic mass is 32.2. The molecule has 0 spiro atoms. The number of benzene rings is 3. The van der Waals surface area contributed by atoms with Crippen LogP contribution in [0, 0.1) is 11.6 Å². The summed E-state index contributed by atoms with van der Waals surface area (Å²) >= 11 is 0. The standard InChI is InChI=1S/C28H31F2N3O4S/c1-3-4-18-31-28(35)21(2)32(19-22-14-16-23(29)17-15-22)27(34)20-33(26-13-9-8-12-25(26)30)38(36,37)24-10-6-5-7-11-24/h5-17,21H,3-4,18-20H2,1-2H3,(H,31,35)/t21-/m1/s1. The summed E-state index contributed by atoms with van der Waals surface area (Å²) in [4.78, 5) is 27.7. The van der Waals surface area contributed by atoms with Gasteiger partial charge in [-0.15, -0.1) is 0 Å². The fourth-order valence-corrected chi connectivity index (χ4v) is 5.24. The molecule has 3 aromatic carbocycles. The third-order valence-corrected chi connectivity index (χ3v) is 7.77. The summed E-state index contributed by atoms with van der Waals surface area (Å²) < 4.78 is 56.2. The Kier molecular flexibility index (Phi) is 9.95. The van der Waals surface area contributed by atoms with Crippen molar-refractivity contribution in [2.75, 3.05) is 17.4 Å². The number of amides is 2. The van der Waals surface area contributed by atoms with Crippen LogP contribution in [0.1, 0.15) is 32.3 Å². The molecule has 1 atom stereocenters. The van der Waals surface area contributed by atoms with Gasteiger partial charge in [0, 0.05) is 13.1 Å². The van der Waals surface area contributed by atoms with Gasteiger partial charge < -0.3 is 10.2 Å². The van der Waals surface area contributed by atoms with Crippen molar-refractivity contribution in [3.05, 3.63) is 96.1 Å². The Morgan fingerprint density at radius 1 is 0.921 bits per heavy atom. The van der Waals surface area contributed by atoms with E-state index in [0.717, 1.165) is 18.9 Å². The molecule has 0 aromatic heterocycles. The number of rotatable bonds is 12. The first-order valence-electron chi connectivity index (χ1n) is 12.3. The summed E-state index contributed by atoms with van der Waals surface area (Å²) in [5.41, 5.74) is 0.239. The van der Waals surface area contributed by atoms with Crippen LogP contribution in [0.4, 0.5) is 14.5 Å². The summed E-state index contributed by atoms with van der Waals surface area (Å²) in [5, 5.41) is 2.78. The third-order valence-electron chi connectivity index (χ3n) is 5.99. The van der Waals surface area contributed by atoms with E-state index in [4.69, 9.17) is 0 Å². The Labute approximate surface area is 222 Å². The maximum Gasteiger partial charge on any atom is 0.264 e. The molecule has 7 nitrogen and oxygen atoms in total. The maximum absolute atomic E-state index is 14.9. The van der Waals surface area contributed by atoms with E-state index in [0.29, 0.717) is 16.4 Å². The van der Waals surface area contributed by atoms with Crippen LogP contribution >= 0.6 is 0 Å². The molecule has 0 unspecified atom stereocenters. The number of halogens is 2. The van der Waals surface area contributed by atoms with E-state index in [1.807, 2.05) is 6.92 Å². The molecule has 3 rings (SSSR count). The highest BCUT2D eigenvalue weighted by molar-refractivity contribution is 7.92. The SMILES string of the molecule is CCCCNC(=O)[C@@H](C)N(Cc1ccc(F)cc1)C(=O)CN(c1ccccc1F)S(=O)(=O)c1ccccc1. The lowest BCUT2D eigenvalue weighted by molar-refractivity contribution is -0.139.